The number of aromatic nitrogens is 24. The number of nitrogens with zero attached hydrogens (tertiary/aromatic N) is 27. The highest BCUT2D eigenvalue weighted by Gasteiger charge is 2.29. The fraction of sp³-hybridized carbons (Fsp3) is 0.314. The van der Waals surface area contributed by atoms with Gasteiger partial charge in [-0.1, -0.05) is 224 Å². The zero-order valence-corrected chi connectivity index (χ0v) is 88.3. The highest BCUT2D eigenvalue weighted by molar-refractivity contribution is 7.72. The third kappa shape index (κ3) is 22.9. The molecule has 3 aliphatic heterocycles. The Morgan fingerprint density at radius 2 is 0.769 bits per heavy atom. The minimum Gasteiger partial charge on any atom is -0.379 e. The largest absolute Gasteiger partial charge is 0.379 e. The Bertz CT molecular complexity index is 9040. The molecule has 0 bridgehead atoms. The number of hydrogen-bond acceptors (Lipinski definition) is 24. The molecule has 0 amide bonds. The van der Waals surface area contributed by atoms with Gasteiger partial charge in [-0.2, -0.15) is 0 Å². The number of morpholine rings is 1. The molecule has 21 rings (SSSR count). The first-order valence-corrected chi connectivity index (χ1v) is 49.1. The summed E-state index contributed by atoms with van der Waals surface area (Å²) in [5, 5.41) is 6.19. The number of hydrogen-bond donors (Lipinski definition) is 2. The summed E-state index contributed by atoms with van der Waals surface area (Å²) < 4.78 is 37.1. The lowest BCUT2D eigenvalue weighted by Crippen LogP contribution is -2.38. The SMILES string of the molecule is Cc1ccc(CN=C2Cc3c(n(C)c(=O)n(C)c3=O)N2)cc1.Cc1cccc(CN=C2Cc3c(n(C)c(=O)n(C)c3=O)N2)c1.Cn1c(=S)c2c(ncn2C(=O)/C=C/c2ccccc2)n(C)c1=O.Cn1c(=S)c2c(ncn2C/C=C/c2ccccc2)n(C)c1=O.Cn1c(=S)c2c(ncn2CC2CC2)n(C)c1=O.Cn1c(=S)c2c(ncn2CCN2CCOCC2)n(C)c1=O.Cn1c(=S)c2c(ncn2Cc2ccccc2)n(C)c1=O. The number of benzene rings is 5. The van der Waals surface area contributed by atoms with Crippen LogP contribution in [0.15, 0.2) is 236 Å². The number of fused-ring (bicyclic) bond motifs is 7. The summed E-state index contributed by atoms with van der Waals surface area (Å²) >= 11 is 26.8. The number of carbonyl (C=O) groups excluding carboxylic acids is 1. The monoisotopic (exact) mass is 2080 g/mol. The van der Waals surface area contributed by atoms with Crippen molar-refractivity contribution in [2.45, 2.75) is 78.8 Å². The molecule has 147 heavy (non-hydrogen) atoms. The molecule has 5 aromatic carbocycles. The fourth-order valence-corrected chi connectivity index (χ4v) is 18.4. The van der Waals surface area contributed by atoms with Crippen molar-refractivity contribution in [3.8, 4) is 0 Å². The van der Waals surface area contributed by atoms with Crippen molar-refractivity contribution in [1.29, 1.82) is 0 Å². The van der Waals surface area contributed by atoms with Gasteiger partial charge in [0.05, 0.1) is 62.7 Å². The number of rotatable bonds is 16. The fourth-order valence-electron chi connectivity index (χ4n) is 17.0. The summed E-state index contributed by atoms with van der Waals surface area (Å²) in [6.45, 7) is 12.7. The van der Waals surface area contributed by atoms with Crippen LogP contribution in [-0.2, 0) is 156 Å². The Balaban J connectivity index is 0.000000129. The second kappa shape index (κ2) is 45.7. The summed E-state index contributed by atoms with van der Waals surface area (Å²) in [6, 6.07) is 46.0. The van der Waals surface area contributed by atoms with Crippen LogP contribution in [0.25, 0.3) is 68.0 Å². The van der Waals surface area contributed by atoms with Gasteiger partial charge in [0.1, 0.15) is 80.4 Å². The molecule has 45 heteroatoms. The smallest absolute Gasteiger partial charge is 0.332 e. The van der Waals surface area contributed by atoms with Gasteiger partial charge in [-0.15, -0.1) is 0 Å². The lowest BCUT2D eigenvalue weighted by molar-refractivity contribution is 0.0365. The minimum absolute atomic E-state index is 0.126. The van der Waals surface area contributed by atoms with Crippen molar-refractivity contribution >= 4 is 158 Å². The van der Waals surface area contributed by atoms with E-state index in [0.717, 1.165) is 117 Å². The zero-order chi connectivity index (χ0) is 105. The summed E-state index contributed by atoms with van der Waals surface area (Å²) in [6.07, 6.45) is 19.1. The topological polar surface area (TPSA) is 390 Å². The van der Waals surface area contributed by atoms with E-state index in [2.05, 4.69) is 85.4 Å². The first kappa shape index (κ1) is 106. The minimum atomic E-state index is -0.337. The van der Waals surface area contributed by atoms with Crippen molar-refractivity contribution in [1.82, 2.24) is 117 Å². The summed E-state index contributed by atoms with van der Waals surface area (Å²) in [5.41, 5.74) is 13.7. The maximum Gasteiger partial charge on any atom is 0.332 e. The molecule has 15 heterocycles. The molecule has 4 aliphatic rings. The lowest BCUT2D eigenvalue weighted by Gasteiger charge is -2.26. The van der Waals surface area contributed by atoms with E-state index in [-0.39, 0.29) is 61.5 Å². The van der Waals surface area contributed by atoms with E-state index in [0.29, 0.717) is 120 Å². The van der Waals surface area contributed by atoms with E-state index >= 15 is 0 Å². The van der Waals surface area contributed by atoms with Gasteiger partial charge in [0.25, 0.3) is 17.0 Å². The van der Waals surface area contributed by atoms with Gasteiger partial charge in [0.15, 0.2) is 28.2 Å². The van der Waals surface area contributed by atoms with Gasteiger partial charge in [-0.25, -0.2) is 58.5 Å². The molecule has 0 unspecified atom stereocenters. The van der Waals surface area contributed by atoms with Gasteiger partial charge >= 0.3 is 39.8 Å². The van der Waals surface area contributed by atoms with Crippen LogP contribution in [0, 0.1) is 43.0 Å². The Morgan fingerprint density at radius 3 is 1.23 bits per heavy atom. The number of allylic oxidation sites excluding steroid dienone is 2. The number of aliphatic imine (C=N–C) groups is 2. The van der Waals surface area contributed by atoms with E-state index in [1.54, 1.807) is 121 Å². The Morgan fingerprint density at radius 1 is 0.388 bits per heavy atom. The van der Waals surface area contributed by atoms with Crippen molar-refractivity contribution in [2.75, 3.05) is 43.5 Å². The quantitative estimate of drug-likeness (QED) is 0.0670. The van der Waals surface area contributed by atoms with Gasteiger partial charge in [-0.3, -0.25) is 97.8 Å². The molecule has 0 radical (unpaired) electrons. The number of nitrogens with one attached hydrogen (secondary N) is 2. The van der Waals surface area contributed by atoms with E-state index in [4.69, 9.17) is 65.8 Å². The molecule has 0 atom stereocenters. The predicted octanol–water partition coefficient (Wildman–Crippen LogP) is 9.79. The summed E-state index contributed by atoms with van der Waals surface area (Å²) in [5.74, 6) is 3.01. The molecule has 1 aliphatic carbocycles. The molecule has 762 valence electrons. The van der Waals surface area contributed by atoms with Crippen LogP contribution >= 0.6 is 61.1 Å². The van der Waals surface area contributed by atoms with Crippen LogP contribution in [0.2, 0.25) is 0 Å². The molecule has 1 saturated carbocycles. The number of amidine groups is 2. The Kier molecular flexibility index (Phi) is 32.9. The van der Waals surface area contributed by atoms with Crippen molar-refractivity contribution in [3.05, 3.63) is 351 Å². The molecular formula is C102H113N29O11S5. The number of ether oxygens (including phenoxy) is 1. The molecule has 12 aromatic heterocycles. The lowest BCUT2D eigenvalue weighted by atomic mass is 10.1. The number of anilines is 2. The highest BCUT2D eigenvalue weighted by atomic mass is 32.1. The normalized spacial score (nSPS) is 13.7. The van der Waals surface area contributed by atoms with Gasteiger partial charge in [-0.05, 0) is 66.5 Å². The Labute approximate surface area is 866 Å². The van der Waals surface area contributed by atoms with E-state index in [9.17, 15) is 47.9 Å². The molecule has 2 fully saturated rings. The van der Waals surface area contributed by atoms with Crippen LogP contribution < -0.4 is 61.6 Å². The maximum absolute atomic E-state index is 12.4. The van der Waals surface area contributed by atoms with Crippen LogP contribution in [0.5, 0.6) is 0 Å². The maximum atomic E-state index is 12.4. The second-order valence-electron chi connectivity index (χ2n) is 36.1. The van der Waals surface area contributed by atoms with Crippen LogP contribution in [0.1, 0.15) is 67.7 Å². The van der Waals surface area contributed by atoms with E-state index in [1.807, 2.05) is 149 Å². The van der Waals surface area contributed by atoms with Crippen LogP contribution in [0.3, 0.4) is 0 Å². The first-order chi connectivity index (χ1) is 70.3. The Hall–Kier alpha value is -15.7. The molecular weight excluding hydrogens is 1970 g/mol. The number of carbonyl (C=O) groups is 1. The van der Waals surface area contributed by atoms with Gasteiger partial charge in [0, 0.05) is 163 Å². The predicted molar refractivity (Wildman–Crippen MR) is 584 cm³/mol. The average molecular weight is 2080 g/mol. The summed E-state index contributed by atoms with van der Waals surface area (Å²) in [7, 11) is 23.1. The third-order valence-electron chi connectivity index (χ3n) is 25.8. The second-order valence-corrected chi connectivity index (χ2v) is 38.0. The van der Waals surface area contributed by atoms with Crippen molar-refractivity contribution < 1.29 is 9.53 Å². The van der Waals surface area contributed by atoms with Gasteiger partial charge < -0.3 is 33.6 Å². The first-order valence-electron chi connectivity index (χ1n) is 47.0. The van der Waals surface area contributed by atoms with Crippen molar-refractivity contribution in [3.63, 3.8) is 0 Å². The zero-order valence-electron chi connectivity index (χ0n) is 84.3. The van der Waals surface area contributed by atoms with Crippen molar-refractivity contribution in [2.24, 2.45) is 115 Å². The molecule has 2 N–H and O–H groups in total. The third-order valence-corrected chi connectivity index (χ3v) is 28.2. The van der Waals surface area contributed by atoms with Gasteiger partial charge in [0.2, 0.25) is 0 Å². The number of aryl methyl sites for hydroxylation is 7. The molecule has 1 saturated heterocycles. The molecule has 0 spiro atoms. The van der Waals surface area contributed by atoms with Crippen LogP contribution in [0.4, 0.5) is 11.6 Å². The highest BCUT2D eigenvalue weighted by Crippen LogP contribution is 2.32. The standard InChI is InChI=1S/C16H14N4O2S.2C16H18N4O2.C16H16N4OS.C14H14N4OS.C13H19N5O2S.C11H14N4OS/c1-18-14-13(15(23)19(2)16(18)22)20(10-17-14)12(21)9-8-11-6-4-3-5-7-11;1-10-4-6-11(7-5-10)9-17-13-8-12-14(18-13)19(2)16(22)20(3)15(12)21;1-10-5-4-6-11(7-10)9-17-13-8-12-14(18-13)19(2)16(22)20(3)15(12)21;1-18-14-13(15(22)19(2)16(18)21)20(11-17-14)10-6-9-12-7-4-3-5-8-12;1-16-12-11(13(20)17(2)14(16)19)18(9-15-12)8-10-6-4-3-5-7-10;1-15-11-10(12(21)16(2)13(15)19)18(9-14-11)4-3-17-5-7-20-8-6-17;1-13-9-8(10(17)14(2)11(13)16)15(6-12-9)5-7-3-4-7/h3-10H,1-2H3;2*4-7H,8-9H2,1-3H3,(H,17,18);3-9,11H,10H2,1-2H3;3-7,9H,8H2,1-2H3;9H,3-8H2,1-2H3;6-7H,3-5H2,1-2H3/b9-8+;;;9-6+;;;. The summed E-state index contributed by atoms with van der Waals surface area (Å²) in [4.78, 5) is 153. The van der Waals surface area contributed by atoms with E-state index in [1.165, 1.54) is 105 Å². The number of imidazole rings is 5. The van der Waals surface area contributed by atoms with Crippen LogP contribution in [-0.4, -0.2) is 167 Å². The molecule has 40 nitrogen and oxygen atoms in total. The molecule has 17 aromatic rings. The average Bonchev–Trinajstić information content (AvgIpc) is 1.81. The van der Waals surface area contributed by atoms with E-state index < -0.39 is 0 Å².